The predicted molar refractivity (Wildman–Crippen MR) is 87.1 cm³/mol. The van der Waals surface area contributed by atoms with E-state index in [9.17, 15) is 8.42 Å². The topological polar surface area (TPSA) is 46.6 Å². The molecule has 0 radical (unpaired) electrons. The van der Waals surface area contributed by atoms with Crippen LogP contribution in [0.2, 0.25) is 0 Å². The summed E-state index contributed by atoms with van der Waals surface area (Å²) in [4.78, 5) is 0.294. The number of ether oxygens (including phenoxy) is 1. The van der Waals surface area contributed by atoms with Crippen LogP contribution >= 0.6 is 15.9 Å². The first-order valence-electron chi connectivity index (χ1n) is 7.37. The van der Waals surface area contributed by atoms with Crippen LogP contribution in [0.1, 0.15) is 39.0 Å². The van der Waals surface area contributed by atoms with Crippen molar-refractivity contribution in [2.45, 2.75) is 50.0 Å². The van der Waals surface area contributed by atoms with Crippen molar-refractivity contribution in [3.05, 3.63) is 22.7 Å². The maximum atomic E-state index is 12.8. The van der Waals surface area contributed by atoms with Gasteiger partial charge in [0.1, 0.15) is 5.75 Å². The Hall–Kier alpha value is -0.590. The molecule has 0 saturated heterocycles. The molecule has 4 nitrogen and oxygen atoms in total. The van der Waals surface area contributed by atoms with Gasteiger partial charge in [-0.3, -0.25) is 0 Å². The van der Waals surface area contributed by atoms with Crippen LogP contribution in [0.3, 0.4) is 0 Å². The monoisotopic (exact) mass is 375 g/mol. The molecule has 118 valence electrons. The van der Waals surface area contributed by atoms with Crippen molar-refractivity contribution < 1.29 is 13.2 Å². The van der Waals surface area contributed by atoms with Gasteiger partial charge in [0, 0.05) is 19.2 Å². The van der Waals surface area contributed by atoms with Crippen LogP contribution < -0.4 is 4.74 Å². The minimum absolute atomic E-state index is 0.114. The zero-order valence-corrected chi connectivity index (χ0v) is 14.9. The van der Waals surface area contributed by atoms with Gasteiger partial charge in [-0.15, -0.1) is 0 Å². The van der Waals surface area contributed by atoms with Crippen LogP contribution in [0, 0.1) is 0 Å². The van der Waals surface area contributed by atoms with E-state index in [1.54, 1.807) is 25.2 Å². The van der Waals surface area contributed by atoms with Crippen molar-refractivity contribution in [2.75, 3.05) is 13.7 Å². The summed E-state index contributed by atoms with van der Waals surface area (Å²) < 4.78 is 33.3. The number of hydrogen-bond acceptors (Lipinski definition) is 3. The summed E-state index contributed by atoms with van der Waals surface area (Å²) in [5, 5.41) is 0. The molecule has 1 saturated carbocycles. The molecule has 2 rings (SSSR count). The van der Waals surface area contributed by atoms with Crippen LogP contribution in [-0.2, 0) is 10.0 Å². The van der Waals surface area contributed by atoms with Crippen LogP contribution in [0.25, 0.3) is 0 Å². The molecular formula is C15H22BrNO3S. The molecule has 0 bridgehead atoms. The summed E-state index contributed by atoms with van der Waals surface area (Å²) in [5.74, 6) is 0.565. The molecule has 0 aromatic heterocycles. The highest BCUT2D eigenvalue weighted by Gasteiger charge is 2.29. The van der Waals surface area contributed by atoms with Crippen LogP contribution in [0.15, 0.2) is 27.6 Å². The Labute approximate surface area is 135 Å². The molecule has 1 aliphatic rings. The van der Waals surface area contributed by atoms with E-state index in [1.165, 1.54) is 10.7 Å². The normalized spacial score (nSPS) is 17.1. The lowest BCUT2D eigenvalue weighted by Gasteiger charge is -2.30. The smallest absolute Gasteiger partial charge is 0.243 e. The average molecular weight is 376 g/mol. The molecule has 1 aromatic rings. The fourth-order valence-electron chi connectivity index (χ4n) is 2.72. The first-order valence-corrected chi connectivity index (χ1v) is 9.60. The number of sulfonamides is 1. The third kappa shape index (κ3) is 3.79. The van der Waals surface area contributed by atoms with Gasteiger partial charge in [0.2, 0.25) is 10.0 Å². The summed E-state index contributed by atoms with van der Waals surface area (Å²) >= 11 is 3.38. The SMILES string of the molecule is CCOc1cc(S(=O)(=O)N(C)C2CCCCC2)ccc1Br. The molecule has 0 unspecified atom stereocenters. The zero-order chi connectivity index (χ0) is 15.5. The Morgan fingerprint density at radius 1 is 1.29 bits per heavy atom. The minimum Gasteiger partial charge on any atom is -0.493 e. The Bertz CT molecular complexity index is 583. The van der Waals surface area contributed by atoms with E-state index < -0.39 is 10.0 Å². The zero-order valence-electron chi connectivity index (χ0n) is 12.5. The second-order valence-corrected chi connectivity index (χ2v) is 8.19. The summed E-state index contributed by atoms with van der Waals surface area (Å²) in [6.07, 6.45) is 5.32. The molecule has 1 fully saturated rings. The van der Waals surface area contributed by atoms with E-state index in [0.29, 0.717) is 17.3 Å². The van der Waals surface area contributed by atoms with Gasteiger partial charge in [-0.2, -0.15) is 4.31 Å². The largest absolute Gasteiger partial charge is 0.493 e. The second kappa shape index (κ2) is 7.11. The molecule has 0 aliphatic heterocycles. The van der Waals surface area contributed by atoms with Crippen molar-refractivity contribution >= 4 is 26.0 Å². The fraction of sp³-hybridized carbons (Fsp3) is 0.600. The van der Waals surface area contributed by atoms with E-state index >= 15 is 0 Å². The van der Waals surface area contributed by atoms with Crippen LogP contribution in [0.4, 0.5) is 0 Å². The van der Waals surface area contributed by atoms with E-state index in [4.69, 9.17) is 4.74 Å². The third-order valence-electron chi connectivity index (χ3n) is 3.97. The first kappa shape index (κ1) is 16.8. The lowest BCUT2D eigenvalue weighted by molar-refractivity contribution is 0.285. The summed E-state index contributed by atoms with van der Waals surface area (Å²) in [6, 6.07) is 5.07. The van der Waals surface area contributed by atoms with Gasteiger partial charge in [0.15, 0.2) is 0 Å². The van der Waals surface area contributed by atoms with E-state index in [0.717, 1.165) is 30.2 Å². The van der Waals surface area contributed by atoms with Crippen LogP contribution in [-0.4, -0.2) is 32.4 Å². The van der Waals surface area contributed by atoms with Crippen molar-refractivity contribution in [1.29, 1.82) is 0 Å². The quantitative estimate of drug-likeness (QED) is 0.785. The maximum absolute atomic E-state index is 12.8. The Kier molecular flexibility index (Phi) is 5.68. The first-order chi connectivity index (χ1) is 9.96. The molecule has 6 heteroatoms. The Morgan fingerprint density at radius 3 is 2.57 bits per heavy atom. The standard InChI is InChI=1S/C15H22BrNO3S/c1-3-20-15-11-13(9-10-14(15)16)21(18,19)17(2)12-7-5-4-6-8-12/h9-12H,3-8H2,1-2H3. The van der Waals surface area contributed by atoms with Gasteiger partial charge in [0.25, 0.3) is 0 Å². The van der Waals surface area contributed by atoms with Crippen molar-refractivity contribution in [2.24, 2.45) is 0 Å². The number of halogens is 1. The molecule has 0 spiro atoms. The fourth-order valence-corrected chi connectivity index (χ4v) is 4.51. The molecule has 1 aromatic carbocycles. The number of benzene rings is 1. The van der Waals surface area contributed by atoms with Crippen molar-refractivity contribution in [1.82, 2.24) is 4.31 Å². The van der Waals surface area contributed by atoms with E-state index in [-0.39, 0.29) is 6.04 Å². The lowest BCUT2D eigenvalue weighted by atomic mass is 9.96. The van der Waals surface area contributed by atoms with Gasteiger partial charge >= 0.3 is 0 Å². The van der Waals surface area contributed by atoms with Crippen molar-refractivity contribution in [3.8, 4) is 5.75 Å². The third-order valence-corrected chi connectivity index (χ3v) is 6.53. The predicted octanol–water partition coefficient (Wildman–Crippen LogP) is 3.80. The lowest BCUT2D eigenvalue weighted by Crippen LogP contribution is -2.38. The van der Waals surface area contributed by atoms with E-state index in [2.05, 4.69) is 15.9 Å². The molecule has 0 atom stereocenters. The van der Waals surface area contributed by atoms with Gasteiger partial charge in [-0.1, -0.05) is 19.3 Å². The molecule has 0 amide bonds. The number of hydrogen-bond donors (Lipinski definition) is 0. The second-order valence-electron chi connectivity index (χ2n) is 5.34. The van der Waals surface area contributed by atoms with Gasteiger partial charge in [-0.25, -0.2) is 8.42 Å². The number of rotatable bonds is 5. The summed E-state index contributed by atoms with van der Waals surface area (Å²) in [5.41, 5.74) is 0. The minimum atomic E-state index is -3.46. The Balaban J connectivity index is 2.27. The maximum Gasteiger partial charge on any atom is 0.243 e. The molecule has 21 heavy (non-hydrogen) atoms. The molecule has 0 heterocycles. The summed E-state index contributed by atoms with van der Waals surface area (Å²) in [7, 11) is -1.78. The van der Waals surface area contributed by atoms with Gasteiger partial charge in [-0.05, 0) is 47.8 Å². The van der Waals surface area contributed by atoms with Gasteiger partial charge < -0.3 is 4.74 Å². The molecular weight excluding hydrogens is 354 g/mol. The molecule has 1 aliphatic carbocycles. The number of nitrogens with zero attached hydrogens (tertiary/aromatic N) is 1. The molecule has 0 N–H and O–H groups in total. The Morgan fingerprint density at radius 2 is 1.95 bits per heavy atom. The summed E-state index contributed by atoms with van der Waals surface area (Å²) in [6.45, 7) is 2.38. The van der Waals surface area contributed by atoms with Crippen molar-refractivity contribution in [3.63, 3.8) is 0 Å². The highest BCUT2D eigenvalue weighted by Crippen LogP contribution is 2.31. The average Bonchev–Trinajstić information content (AvgIpc) is 2.49. The van der Waals surface area contributed by atoms with Crippen LogP contribution in [0.5, 0.6) is 5.75 Å². The highest BCUT2D eigenvalue weighted by atomic mass is 79.9. The van der Waals surface area contributed by atoms with E-state index in [1.807, 2.05) is 6.92 Å². The highest BCUT2D eigenvalue weighted by molar-refractivity contribution is 9.10. The van der Waals surface area contributed by atoms with Gasteiger partial charge in [0.05, 0.1) is 16.0 Å².